The largest absolute Gasteiger partial charge is 0.484 e. The molecule has 0 spiro atoms. The van der Waals surface area contributed by atoms with Gasteiger partial charge >= 0.3 is 0 Å². The van der Waals surface area contributed by atoms with Crippen molar-refractivity contribution in [1.29, 1.82) is 0 Å². The molecule has 9 heteroatoms. The zero-order valence-corrected chi connectivity index (χ0v) is 15.4. The molecule has 0 fully saturated rings. The van der Waals surface area contributed by atoms with E-state index in [0.29, 0.717) is 34.0 Å². The van der Waals surface area contributed by atoms with Crippen LogP contribution in [0, 0.1) is 15.9 Å². The smallest absolute Gasteiger partial charge is 0.269 e. The summed E-state index contributed by atoms with van der Waals surface area (Å²) in [5, 5.41) is 13.3. The Morgan fingerprint density at radius 3 is 2.53 bits per heavy atom. The maximum absolute atomic E-state index is 13.1. The highest BCUT2D eigenvalue weighted by Gasteiger charge is 2.11. The number of nitro groups is 1. The summed E-state index contributed by atoms with van der Waals surface area (Å²) in [6.45, 7) is -0.268. The number of nitrogens with one attached hydrogen (secondary N) is 1. The molecule has 150 valence electrons. The maximum atomic E-state index is 13.1. The van der Waals surface area contributed by atoms with Gasteiger partial charge in [0.05, 0.1) is 4.92 Å². The summed E-state index contributed by atoms with van der Waals surface area (Å²) in [6.07, 6.45) is 0. The normalized spacial score (nSPS) is 10.7. The van der Waals surface area contributed by atoms with E-state index in [1.54, 1.807) is 30.3 Å². The zero-order valence-electron chi connectivity index (χ0n) is 15.4. The number of anilines is 1. The number of benzene rings is 3. The number of carbonyl (C=O) groups is 1. The summed E-state index contributed by atoms with van der Waals surface area (Å²) in [7, 11) is 0. The highest BCUT2D eigenvalue weighted by Crippen LogP contribution is 2.26. The summed E-state index contributed by atoms with van der Waals surface area (Å²) in [4.78, 5) is 26.6. The molecule has 0 aliphatic carbocycles. The lowest BCUT2D eigenvalue weighted by Gasteiger charge is -2.07. The molecule has 30 heavy (non-hydrogen) atoms. The molecule has 3 aromatic carbocycles. The van der Waals surface area contributed by atoms with Gasteiger partial charge in [0.2, 0.25) is 5.89 Å². The first kappa shape index (κ1) is 19.1. The molecule has 8 nitrogen and oxygen atoms in total. The second kappa shape index (κ2) is 8.00. The summed E-state index contributed by atoms with van der Waals surface area (Å²) >= 11 is 0. The second-order valence-corrected chi connectivity index (χ2v) is 6.30. The van der Waals surface area contributed by atoms with E-state index in [9.17, 15) is 19.3 Å². The van der Waals surface area contributed by atoms with E-state index in [-0.39, 0.29) is 18.1 Å². The van der Waals surface area contributed by atoms with Crippen LogP contribution in [-0.4, -0.2) is 22.4 Å². The van der Waals surface area contributed by atoms with Gasteiger partial charge in [-0.05, 0) is 54.6 Å². The van der Waals surface area contributed by atoms with Crippen molar-refractivity contribution in [2.24, 2.45) is 0 Å². The van der Waals surface area contributed by atoms with Crippen LogP contribution in [-0.2, 0) is 4.79 Å². The van der Waals surface area contributed by atoms with Crippen LogP contribution in [0.4, 0.5) is 15.8 Å². The van der Waals surface area contributed by atoms with Gasteiger partial charge in [-0.3, -0.25) is 14.9 Å². The van der Waals surface area contributed by atoms with E-state index in [1.165, 1.54) is 36.4 Å². The summed E-state index contributed by atoms with van der Waals surface area (Å²) in [5.41, 5.74) is 2.12. The van der Waals surface area contributed by atoms with Gasteiger partial charge in [0.15, 0.2) is 12.2 Å². The van der Waals surface area contributed by atoms with Crippen molar-refractivity contribution in [3.8, 4) is 17.2 Å². The first-order valence-corrected chi connectivity index (χ1v) is 8.81. The Hall–Kier alpha value is -4.27. The number of halogens is 1. The summed E-state index contributed by atoms with van der Waals surface area (Å²) < 4.78 is 24.1. The molecule has 0 radical (unpaired) electrons. The minimum absolute atomic E-state index is 0.0623. The standard InChI is InChI=1S/C21H14FN3O5/c22-14-3-1-13(2-4-14)21-24-18-11-15(5-10-19(18)30-21)23-20(26)12-29-17-8-6-16(7-9-17)25(27)28/h1-11H,12H2,(H,23,26). The molecule has 0 unspecified atom stereocenters. The fraction of sp³-hybridized carbons (Fsp3) is 0.0476. The summed E-state index contributed by atoms with van der Waals surface area (Å²) in [6, 6.07) is 16.2. The quantitative estimate of drug-likeness (QED) is 0.371. The number of non-ortho nitro benzene ring substituents is 1. The predicted molar refractivity (Wildman–Crippen MR) is 107 cm³/mol. The third kappa shape index (κ3) is 4.25. The molecule has 0 aliphatic heterocycles. The molecule has 4 rings (SSSR count). The van der Waals surface area contributed by atoms with Crippen molar-refractivity contribution in [2.75, 3.05) is 11.9 Å². The Balaban J connectivity index is 1.41. The van der Waals surface area contributed by atoms with Gasteiger partial charge in [-0.15, -0.1) is 0 Å². The molecule has 0 bridgehead atoms. The number of hydrogen-bond acceptors (Lipinski definition) is 6. The third-order valence-corrected chi connectivity index (χ3v) is 4.18. The highest BCUT2D eigenvalue weighted by molar-refractivity contribution is 5.94. The van der Waals surface area contributed by atoms with Crippen LogP contribution in [0.15, 0.2) is 71.1 Å². The molecule has 0 saturated heterocycles. The van der Waals surface area contributed by atoms with Gasteiger partial charge in [-0.2, -0.15) is 0 Å². The number of fused-ring (bicyclic) bond motifs is 1. The fourth-order valence-electron chi connectivity index (χ4n) is 2.73. The van der Waals surface area contributed by atoms with Crippen molar-refractivity contribution in [3.05, 3.63) is 82.7 Å². The van der Waals surface area contributed by atoms with Crippen LogP contribution in [0.1, 0.15) is 0 Å². The van der Waals surface area contributed by atoms with Gasteiger partial charge in [0.25, 0.3) is 11.6 Å². The van der Waals surface area contributed by atoms with Gasteiger partial charge in [-0.1, -0.05) is 0 Å². The lowest BCUT2D eigenvalue weighted by Crippen LogP contribution is -2.20. The van der Waals surface area contributed by atoms with E-state index in [0.717, 1.165) is 0 Å². The molecule has 1 heterocycles. The highest BCUT2D eigenvalue weighted by atomic mass is 19.1. The maximum Gasteiger partial charge on any atom is 0.269 e. The predicted octanol–water partition coefficient (Wildman–Crippen LogP) is 4.56. The molecule has 4 aromatic rings. The van der Waals surface area contributed by atoms with Gasteiger partial charge < -0.3 is 14.5 Å². The molecule has 0 aliphatic rings. The van der Waals surface area contributed by atoms with Crippen molar-refractivity contribution < 1.29 is 23.3 Å². The Morgan fingerprint density at radius 2 is 1.83 bits per heavy atom. The molecule has 1 aromatic heterocycles. The Morgan fingerprint density at radius 1 is 1.10 bits per heavy atom. The van der Waals surface area contributed by atoms with E-state index >= 15 is 0 Å². The molecule has 1 N–H and O–H groups in total. The molecule has 1 amide bonds. The topological polar surface area (TPSA) is 108 Å². The molecule has 0 saturated carbocycles. The lowest BCUT2D eigenvalue weighted by atomic mass is 10.2. The Labute approximate surface area is 169 Å². The van der Waals surface area contributed by atoms with Gasteiger partial charge in [-0.25, -0.2) is 9.37 Å². The van der Waals surface area contributed by atoms with E-state index in [1.807, 2.05) is 0 Å². The van der Waals surface area contributed by atoms with E-state index in [2.05, 4.69) is 10.3 Å². The number of nitrogens with zero attached hydrogens (tertiary/aromatic N) is 2. The average Bonchev–Trinajstić information content (AvgIpc) is 3.16. The van der Waals surface area contributed by atoms with Crippen LogP contribution >= 0.6 is 0 Å². The Kier molecular flexibility index (Phi) is 5.08. The number of hydrogen-bond donors (Lipinski definition) is 1. The number of amides is 1. The first-order valence-electron chi connectivity index (χ1n) is 8.81. The monoisotopic (exact) mass is 407 g/mol. The van der Waals surface area contributed by atoms with E-state index in [4.69, 9.17) is 9.15 Å². The lowest BCUT2D eigenvalue weighted by molar-refractivity contribution is -0.384. The van der Waals surface area contributed by atoms with Crippen molar-refractivity contribution >= 4 is 28.4 Å². The van der Waals surface area contributed by atoms with Crippen molar-refractivity contribution in [3.63, 3.8) is 0 Å². The molecular formula is C21H14FN3O5. The van der Waals surface area contributed by atoms with Crippen LogP contribution in [0.2, 0.25) is 0 Å². The number of ether oxygens (including phenoxy) is 1. The van der Waals surface area contributed by atoms with E-state index < -0.39 is 10.8 Å². The van der Waals surface area contributed by atoms with Crippen LogP contribution in [0.5, 0.6) is 5.75 Å². The zero-order chi connectivity index (χ0) is 21.1. The number of carbonyl (C=O) groups excluding carboxylic acids is 1. The third-order valence-electron chi connectivity index (χ3n) is 4.18. The molecule has 0 atom stereocenters. The minimum Gasteiger partial charge on any atom is -0.484 e. The first-order chi connectivity index (χ1) is 14.5. The second-order valence-electron chi connectivity index (χ2n) is 6.30. The number of oxazole rings is 1. The van der Waals surface area contributed by atoms with Crippen LogP contribution in [0.25, 0.3) is 22.6 Å². The Bertz CT molecular complexity index is 1220. The van der Waals surface area contributed by atoms with Crippen molar-refractivity contribution in [2.45, 2.75) is 0 Å². The molecular weight excluding hydrogens is 393 g/mol. The average molecular weight is 407 g/mol. The van der Waals surface area contributed by atoms with Gasteiger partial charge in [0.1, 0.15) is 17.1 Å². The van der Waals surface area contributed by atoms with Crippen LogP contribution < -0.4 is 10.1 Å². The number of aromatic nitrogens is 1. The number of rotatable bonds is 6. The fourth-order valence-corrected chi connectivity index (χ4v) is 2.73. The summed E-state index contributed by atoms with van der Waals surface area (Å²) in [5.74, 6) is -0.0765. The van der Waals surface area contributed by atoms with Crippen molar-refractivity contribution in [1.82, 2.24) is 4.98 Å². The minimum atomic E-state index is -0.516. The van der Waals surface area contributed by atoms with Gasteiger partial charge in [0, 0.05) is 23.4 Å². The SMILES string of the molecule is O=C(COc1ccc([N+](=O)[O-])cc1)Nc1ccc2oc(-c3ccc(F)cc3)nc2c1. The number of nitro benzene ring substituents is 1. The van der Waals surface area contributed by atoms with Crippen LogP contribution in [0.3, 0.4) is 0 Å².